The summed E-state index contributed by atoms with van der Waals surface area (Å²) < 4.78 is 1.78. The highest BCUT2D eigenvalue weighted by atomic mass is 16.3. The van der Waals surface area contributed by atoms with Gasteiger partial charge in [-0.2, -0.15) is 0 Å². The Morgan fingerprint density at radius 1 is 0.889 bits per heavy atom. The van der Waals surface area contributed by atoms with Gasteiger partial charge >= 0.3 is 0 Å². The zero-order valence-corrected chi connectivity index (χ0v) is 15.2. The first-order valence-corrected chi connectivity index (χ1v) is 8.79. The van der Waals surface area contributed by atoms with Crippen LogP contribution < -0.4 is 0 Å². The van der Waals surface area contributed by atoms with E-state index in [0.717, 1.165) is 22.5 Å². The molecule has 1 N–H and O–H groups in total. The first-order chi connectivity index (χ1) is 13.0. The Morgan fingerprint density at radius 3 is 2.04 bits per heavy atom. The maximum atomic E-state index is 10.2. The van der Waals surface area contributed by atoms with E-state index in [4.69, 9.17) is 4.99 Å². The molecule has 5 nitrogen and oxygen atoms in total. The van der Waals surface area contributed by atoms with Gasteiger partial charge in [-0.1, -0.05) is 60.7 Å². The van der Waals surface area contributed by atoms with E-state index < -0.39 is 5.60 Å². The van der Waals surface area contributed by atoms with Crippen molar-refractivity contribution in [2.75, 3.05) is 0 Å². The van der Waals surface area contributed by atoms with Crippen LogP contribution >= 0.6 is 0 Å². The molecule has 0 aliphatic rings. The Bertz CT molecular complexity index is 1050. The normalized spacial score (nSPS) is 11.5. The minimum Gasteiger partial charge on any atom is -0.382 e. The molecule has 0 atom stereocenters. The number of benzene rings is 2. The van der Waals surface area contributed by atoms with Gasteiger partial charge in [-0.15, -0.1) is 10.2 Å². The van der Waals surface area contributed by atoms with Crippen LogP contribution in [0.15, 0.2) is 84.0 Å². The van der Waals surface area contributed by atoms with E-state index in [1.54, 1.807) is 18.2 Å². The molecule has 0 saturated carbocycles. The van der Waals surface area contributed by atoms with Crippen molar-refractivity contribution in [3.8, 4) is 0 Å². The molecular formula is C22H20N4O. The number of hydrogen-bond acceptors (Lipinski definition) is 4. The van der Waals surface area contributed by atoms with Crippen LogP contribution in [0.4, 0.5) is 5.69 Å². The highest BCUT2D eigenvalue weighted by Crippen LogP contribution is 2.23. The molecule has 0 spiro atoms. The third-order valence-electron chi connectivity index (χ3n) is 4.28. The fraction of sp³-hybridized carbons (Fsp3) is 0.136. The molecule has 0 unspecified atom stereocenters. The van der Waals surface area contributed by atoms with Gasteiger partial charge in [0.2, 0.25) is 0 Å². The van der Waals surface area contributed by atoms with Crippen molar-refractivity contribution >= 4 is 17.0 Å². The molecular weight excluding hydrogens is 336 g/mol. The van der Waals surface area contributed by atoms with Crippen LogP contribution in [0.5, 0.6) is 0 Å². The second-order valence-electron chi connectivity index (χ2n) is 6.89. The Hall–Kier alpha value is -3.31. The van der Waals surface area contributed by atoms with Gasteiger partial charge in [0.05, 0.1) is 11.4 Å². The fourth-order valence-corrected chi connectivity index (χ4v) is 2.98. The van der Waals surface area contributed by atoms with Crippen LogP contribution in [0, 0.1) is 0 Å². The van der Waals surface area contributed by atoms with Crippen molar-refractivity contribution in [1.29, 1.82) is 0 Å². The molecule has 2 aromatic heterocycles. The zero-order chi connectivity index (χ0) is 18.9. The monoisotopic (exact) mass is 356 g/mol. The number of pyridine rings is 1. The summed E-state index contributed by atoms with van der Waals surface area (Å²) in [6, 6.07) is 24.0. The standard InChI is InChI=1S/C22H20N4O/c1-22(2,27)21-25-24-19-15-18(13-14-26(19)21)23-20(16-9-5-3-6-10-16)17-11-7-4-8-12-17/h3-15,27H,1-2H3. The van der Waals surface area contributed by atoms with Crippen molar-refractivity contribution in [2.24, 2.45) is 4.99 Å². The Morgan fingerprint density at radius 2 is 1.48 bits per heavy atom. The van der Waals surface area contributed by atoms with E-state index >= 15 is 0 Å². The number of hydrogen-bond donors (Lipinski definition) is 1. The average Bonchev–Trinajstić information content (AvgIpc) is 3.11. The Labute approximate surface area is 157 Å². The minimum absolute atomic E-state index is 0.499. The third-order valence-corrected chi connectivity index (χ3v) is 4.28. The topological polar surface area (TPSA) is 62.8 Å². The molecule has 0 aliphatic heterocycles. The van der Waals surface area contributed by atoms with Crippen molar-refractivity contribution in [3.05, 3.63) is 95.9 Å². The second kappa shape index (κ2) is 6.78. The second-order valence-corrected chi connectivity index (χ2v) is 6.89. The van der Waals surface area contributed by atoms with Crippen LogP contribution in [0.3, 0.4) is 0 Å². The van der Waals surface area contributed by atoms with Crippen LogP contribution in [0.25, 0.3) is 5.65 Å². The van der Waals surface area contributed by atoms with E-state index in [-0.39, 0.29) is 0 Å². The van der Waals surface area contributed by atoms with Gasteiger partial charge in [-0.3, -0.25) is 4.40 Å². The van der Waals surface area contributed by atoms with Gasteiger partial charge in [-0.25, -0.2) is 4.99 Å². The summed E-state index contributed by atoms with van der Waals surface area (Å²) in [5, 5.41) is 18.5. The lowest BCUT2D eigenvalue weighted by Crippen LogP contribution is -2.19. The third kappa shape index (κ3) is 3.50. The van der Waals surface area contributed by atoms with Crippen LogP contribution in [0.1, 0.15) is 30.8 Å². The van der Waals surface area contributed by atoms with E-state index in [2.05, 4.69) is 10.2 Å². The molecule has 0 bridgehead atoms. The highest BCUT2D eigenvalue weighted by molar-refractivity contribution is 6.13. The van der Waals surface area contributed by atoms with E-state index in [9.17, 15) is 5.11 Å². The van der Waals surface area contributed by atoms with Crippen molar-refractivity contribution in [3.63, 3.8) is 0 Å². The largest absolute Gasteiger partial charge is 0.382 e. The number of aromatic nitrogens is 3. The van der Waals surface area contributed by atoms with Gasteiger partial charge in [0, 0.05) is 23.4 Å². The highest BCUT2D eigenvalue weighted by Gasteiger charge is 2.23. The number of fused-ring (bicyclic) bond motifs is 1. The fourth-order valence-electron chi connectivity index (χ4n) is 2.98. The van der Waals surface area contributed by atoms with Gasteiger partial charge < -0.3 is 5.11 Å². The molecule has 5 heteroatoms. The maximum Gasteiger partial charge on any atom is 0.168 e. The summed E-state index contributed by atoms with van der Waals surface area (Å²) in [6.45, 7) is 3.39. The lowest BCUT2D eigenvalue weighted by molar-refractivity contribution is 0.0676. The summed E-state index contributed by atoms with van der Waals surface area (Å²) in [6.07, 6.45) is 1.84. The summed E-state index contributed by atoms with van der Waals surface area (Å²) in [7, 11) is 0. The van der Waals surface area contributed by atoms with Crippen LogP contribution in [0.2, 0.25) is 0 Å². The maximum absolute atomic E-state index is 10.2. The summed E-state index contributed by atoms with van der Waals surface area (Å²) in [4.78, 5) is 4.89. The zero-order valence-electron chi connectivity index (χ0n) is 15.2. The van der Waals surface area contributed by atoms with Gasteiger partial charge in [0.15, 0.2) is 11.5 Å². The predicted octanol–water partition coefficient (Wildman–Crippen LogP) is 4.13. The molecule has 27 heavy (non-hydrogen) atoms. The minimum atomic E-state index is -1.07. The quantitative estimate of drug-likeness (QED) is 0.559. The lowest BCUT2D eigenvalue weighted by Gasteiger charge is -2.14. The summed E-state index contributed by atoms with van der Waals surface area (Å²) in [5.41, 5.74) is 3.34. The first-order valence-electron chi connectivity index (χ1n) is 8.79. The van der Waals surface area contributed by atoms with Crippen molar-refractivity contribution < 1.29 is 5.11 Å². The van der Waals surface area contributed by atoms with Gasteiger partial charge in [0.25, 0.3) is 0 Å². The summed E-state index contributed by atoms with van der Waals surface area (Å²) in [5.74, 6) is 0.499. The first kappa shape index (κ1) is 17.1. The van der Waals surface area contributed by atoms with E-state index in [1.807, 2.05) is 79.0 Å². The molecule has 4 aromatic rings. The number of nitrogens with zero attached hydrogens (tertiary/aromatic N) is 4. The molecule has 0 amide bonds. The van der Waals surface area contributed by atoms with E-state index in [1.165, 1.54) is 0 Å². The SMILES string of the molecule is CC(C)(O)c1nnc2cc(N=C(c3ccccc3)c3ccccc3)ccn12. The van der Waals surface area contributed by atoms with Crippen molar-refractivity contribution in [1.82, 2.24) is 14.6 Å². The van der Waals surface area contributed by atoms with Crippen LogP contribution in [-0.4, -0.2) is 25.4 Å². The molecule has 0 aliphatic carbocycles. The summed E-state index contributed by atoms with van der Waals surface area (Å²) >= 11 is 0. The molecule has 4 rings (SSSR count). The lowest BCUT2D eigenvalue weighted by atomic mass is 10.0. The van der Waals surface area contributed by atoms with E-state index in [0.29, 0.717) is 11.5 Å². The van der Waals surface area contributed by atoms with Gasteiger partial charge in [0.1, 0.15) is 5.60 Å². The Kier molecular flexibility index (Phi) is 4.30. The predicted molar refractivity (Wildman–Crippen MR) is 106 cm³/mol. The smallest absolute Gasteiger partial charge is 0.168 e. The number of rotatable bonds is 4. The molecule has 0 saturated heterocycles. The van der Waals surface area contributed by atoms with Crippen LogP contribution in [-0.2, 0) is 5.60 Å². The van der Waals surface area contributed by atoms with Gasteiger partial charge in [-0.05, 0) is 19.9 Å². The molecule has 134 valence electrons. The van der Waals surface area contributed by atoms with Crippen molar-refractivity contribution in [2.45, 2.75) is 19.4 Å². The molecule has 2 heterocycles. The molecule has 0 fully saturated rings. The molecule has 0 radical (unpaired) electrons. The average molecular weight is 356 g/mol. The number of aliphatic hydroxyl groups is 1. The number of aliphatic imine (C=N–C) groups is 1. The molecule has 2 aromatic carbocycles. The Balaban J connectivity index is 1.83.